The van der Waals surface area contributed by atoms with Gasteiger partial charge >= 0.3 is 0 Å². The van der Waals surface area contributed by atoms with Gasteiger partial charge in [0, 0.05) is 0 Å². The van der Waals surface area contributed by atoms with E-state index in [9.17, 15) is 4.21 Å². The normalized spacial score (nSPS) is 21.0. The van der Waals surface area contributed by atoms with E-state index in [1.54, 1.807) is 0 Å². The molecule has 0 saturated heterocycles. The van der Waals surface area contributed by atoms with Crippen LogP contribution in [-0.4, -0.2) is 8.51 Å². The summed E-state index contributed by atoms with van der Waals surface area (Å²) in [4.78, 5) is 0.853. The van der Waals surface area contributed by atoms with E-state index in [1.807, 2.05) is 30.3 Å². The molecule has 1 heterocycles. The highest BCUT2D eigenvalue weighted by Gasteiger charge is 2.51. The first kappa shape index (κ1) is 14.5. The molecule has 0 radical (unpaired) electrons. The van der Waals surface area contributed by atoms with Crippen LogP contribution in [0.2, 0.25) is 0 Å². The Bertz CT molecular complexity index is 656. The first-order valence-corrected chi connectivity index (χ1v) is 8.35. The molecule has 0 fully saturated rings. The molecular weight excluding hydrogens is 278 g/mol. The predicted octanol–water partition coefficient (Wildman–Crippen LogP) is 4.20. The molecule has 0 amide bonds. The predicted molar refractivity (Wildman–Crippen MR) is 87.2 cm³/mol. The van der Waals surface area contributed by atoms with Crippen molar-refractivity contribution in [1.82, 2.24) is 4.31 Å². The maximum absolute atomic E-state index is 13.2. The third-order valence-corrected chi connectivity index (χ3v) is 6.29. The first-order valence-electron chi connectivity index (χ1n) is 7.24. The molecule has 0 aromatic heterocycles. The van der Waals surface area contributed by atoms with Crippen molar-refractivity contribution in [1.29, 1.82) is 0 Å². The number of hydrogen-bond acceptors (Lipinski definition) is 1. The van der Waals surface area contributed by atoms with Crippen molar-refractivity contribution < 1.29 is 4.21 Å². The molecule has 1 aliphatic rings. The Morgan fingerprint density at radius 3 is 1.67 bits per heavy atom. The fraction of sp³-hybridized carbons (Fsp3) is 0.333. The van der Waals surface area contributed by atoms with Crippen molar-refractivity contribution >= 4 is 11.0 Å². The summed E-state index contributed by atoms with van der Waals surface area (Å²) in [5.74, 6) is 0. The van der Waals surface area contributed by atoms with Gasteiger partial charge in [0.1, 0.15) is 11.0 Å². The SMILES string of the molecule is CC1(C)c2ccccc2C(C)(C)N1S(=O)c1ccccc1. The second-order valence-corrected chi connectivity index (χ2v) is 7.86. The van der Waals surface area contributed by atoms with Crippen LogP contribution in [0.1, 0.15) is 38.8 Å². The van der Waals surface area contributed by atoms with E-state index in [0.29, 0.717) is 0 Å². The quantitative estimate of drug-likeness (QED) is 0.814. The Morgan fingerprint density at radius 1 is 0.762 bits per heavy atom. The molecule has 0 aliphatic carbocycles. The van der Waals surface area contributed by atoms with Gasteiger partial charge in [0.2, 0.25) is 0 Å². The van der Waals surface area contributed by atoms with Crippen LogP contribution in [0.15, 0.2) is 59.5 Å². The molecule has 3 rings (SSSR count). The smallest absolute Gasteiger partial charge is 0.129 e. The molecule has 2 aromatic rings. The number of hydrogen-bond donors (Lipinski definition) is 0. The van der Waals surface area contributed by atoms with Crippen LogP contribution in [0.5, 0.6) is 0 Å². The molecule has 1 unspecified atom stereocenters. The lowest BCUT2D eigenvalue weighted by Gasteiger charge is -2.39. The van der Waals surface area contributed by atoms with Crippen molar-refractivity contribution in [2.45, 2.75) is 43.7 Å². The third-order valence-electron chi connectivity index (χ3n) is 4.37. The van der Waals surface area contributed by atoms with E-state index >= 15 is 0 Å². The Hall–Kier alpha value is -1.45. The molecule has 3 heteroatoms. The fourth-order valence-corrected chi connectivity index (χ4v) is 5.15. The minimum absolute atomic E-state index is 0.263. The average Bonchev–Trinajstić information content (AvgIpc) is 2.63. The van der Waals surface area contributed by atoms with Gasteiger partial charge in [-0.1, -0.05) is 42.5 Å². The van der Waals surface area contributed by atoms with Gasteiger partial charge < -0.3 is 0 Å². The van der Waals surface area contributed by atoms with Crippen LogP contribution >= 0.6 is 0 Å². The van der Waals surface area contributed by atoms with E-state index in [2.05, 4.69) is 56.3 Å². The molecule has 0 bridgehead atoms. The molecule has 2 nitrogen and oxygen atoms in total. The molecule has 0 spiro atoms. The Balaban J connectivity index is 2.14. The molecule has 110 valence electrons. The van der Waals surface area contributed by atoms with Gasteiger partial charge in [0.05, 0.1) is 16.0 Å². The molecule has 0 saturated carbocycles. The van der Waals surface area contributed by atoms with Gasteiger partial charge in [-0.25, -0.2) is 8.51 Å². The first-order chi connectivity index (χ1) is 9.87. The van der Waals surface area contributed by atoms with Gasteiger partial charge in [-0.2, -0.15) is 0 Å². The maximum atomic E-state index is 13.2. The highest BCUT2D eigenvalue weighted by atomic mass is 32.2. The van der Waals surface area contributed by atoms with E-state index < -0.39 is 11.0 Å². The molecular formula is C18H21NOS. The van der Waals surface area contributed by atoms with Gasteiger partial charge in [0.25, 0.3) is 0 Å². The lowest BCUT2D eigenvalue weighted by Crippen LogP contribution is -2.46. The summed E-state index contributed by atoms with van der Waals surface area (Å²) in [5, 5.41) is 0. The summed E-state index contributed by atoms with van der Waals surface area (Å²) in [6, 6.07) is 18.1. The monoisotopic (exact) mass is 299 g/mol. The van der Waals surface area contributed by atoms with Crippen molar-refractivity contribution in [2.24, 2.45) is 0 Å². The summed E-state index contributed by atoms with van der Waals surface area (Å²) in [6.07, 6.45) is 0. The standard InChI is InChI=1S/C18H21NOS/c1-17(2)15-12-8-9-13-16(15)18(3,4)19(17)21(20)14-10-6-5-7-11-14/h5-13H,1-4H3. The summed E-state index contributed by atoms with van der Waals surface area (Å²) in [7, 11) is -1.19. The zero-order valence-corrected chi connectivity index (χ0v) is 13.8. The summed E-state index contributed by atoms with van der Waals surface area (Å²) >= 11 is 0. The Labute approximate surface area is 129 Å². The van der Waals surface area contributed by atoms with Crippen LogP contribution < -0.4 is 0 Å². The topological polar surface area (TPSA) is 20.3 Å². The van der Waals surface area contributed by atoms with E-state index in [4.69, 9.17) is 0 Å². The van der Waals surface area contributed by atoms with Gasteiger partial charge in [-0.3, -0.25) is 0 Å². The van der Waals surface area contributed by atoms with Crippen LogP contribution in [0.4, 0.5) is 0 Å². The number of benzene rings is 2. The summed E-state index contributed by atoms with van der Waals surface area (Å²) < 4.78 is 15.3. The number of rotatable bonds is 2. The lowest BCUT2D eigenvalue weighted by atomic mass is 9.91. The van der Waals surface area contributed by atoms with Gasteiger partial charge in [0.15, 0.2) is 0 Å². The molecule has 2 aromatic carbocycles. The summed E-state index contributed by atoms with van der Waals surface area (Å²) in [6.45, 7) is 8.62. The van der Waals surface area contributed by atoms with Crippen LogP contribution in [-0.2, 0) is 22.1 Å². The number of fused-ring (bicyclic) bond motifs is 1. The Morgan fingerprint density at radius 2 is 1.19 bits per heavy atom. The molecule has 21 heavy (non-hydrogen) atoms. The van der Waals surface area contributed by atoms with Gasteiger partial charge in [-0.15, -0.1) is 0 Å². The molecule has 0 N–H and O–H groups in total. The maximum Gasteiger partial charge on any atom is 0.129 e. The van der Waals surface area contributed by atoms with Crippen molar-refractivity contribution in [3.63, 3.8) is 0 Å². The fourth-order valence-electron chi connectivity index (χ4n) is 3.52. The van der Waals surface area contributed by atoms with Crippen LogP contribution in [0, 0.1) is 0 Å². The van der Waals surface area contributed by atoms with E-state index in [0.717, 1.165) is 4.90 Å². The highest BCUT2D eigenvalue weighted by Crippen LogP contribution is 2.50. The molecule has 1 aliphatic heterocycles. The summed E-state index contributed by atoms with van der Waals surface area (Å²) in [5.41, 5.74) is 2.00. The Kier molecular flexibility index (Phi) is 3.30. The van der Waals surface area contributed by atoms with Crippen LogP contribution in [0.3, 0.4) is 0 Å². The second kappa shape index (κ2) is 4.79. The van der Waals surface area contributed by atoms with Crippen molar-refractivity contribution in [3.05, 3.63) is 65.7 Å². The average molecular weight is 299 g/mol. The second-order valence-electron chi connectivity index (χ2n) is 6.52. The van der Waals surface area contributed by atoms with Crippen molar-refractivity contribution in [3.8, 4) is 0 Å². The minimum atomic E-state index is -1.19. The van der Waals surface area contributed by atoms with Gasteiger partial charge in [-0.05, 0) is 51.0 Å². The number of nitrogens with zero attached hydrogens (tertiary/aromatic N) is 1. The zero-order valence-electron chi connectivity index (χ0n) is 13.0. The zero-order chi connectivity index (χ0) is 15.3. The largest absolute Gasteiger partial charge is 0.237 e. The lowest BCUT2D eigenvalue weighted by molar-refractivity contribution is 0.155. The van der Waals surface area contributed by atoms with E-state index in [1.165, 1.54) is 11.1 Å². The highest BCUT2D eigenvalue weighted by molar-refractivity contribution is 7.82. The minimum Gasteiger partial charge on any atom is -0.237 e. The molecule has 1 atom stereocenters. The van der Waals surface area contributed by atoms with Crippen molar-refractivity contribution in [2.75, 3.05) is 0 Å². The van der Waals surface area contributed by atoms with Crippen LogP contribution in [0.25, 0.3) is 0 Å². The van der Waals surface area contributed by atoms with E-state index in [-0.39, 0.29) is 11.1 Å². The third kappa shape index (κ3) is 2.07.